The summed E-state index contributed by atoms with van der Waals surface area (Å²) in [4.78, 5) is 3.92. The van der Waals surface area contributed by atoms with E-state index in [1.165, 1.54) is 0 Å². The number of para-hydroxylation sites is 1. The lowest BCUT2D eigenvalue weighted by atomic mass is 10.2. The van der Waals surface area contributed by atoms with Crippen LogP contribution in [0.15, 0.2) is 23.2 Å². The van der Waals surface area contributed by atoms with Gasteiger partial charge in [-0.3, -0.25) is 0 Å². The molecule has 1 aromatic carbocycles. The van der Waals surface area contributed by atoms with Crippen molar-refractivity contribution in [3.63, 3.8) is 0 Å². The fourth-order valence-corrected chi connectivity index (χ4v) is 1.25. The number of nitrogens with zero attached hydrogens (tertiary/aromatic N) is 1. The van der Waals surface area contributed by atoms with E-state index in [-0.39, 0.29) is 18.4 Å². The van der Waals surface area contributed by atoms with E-state index in [4.69, 9.17) is 20.9 Å². The van der Waals surface area contributed by atoms with E-state index in [9.17, 15) is 0 Å². The second-order valence-electron chi connectivity index (χ2n) is 2.89. The number of nitrogens with two attached hydrogens (primary N) is 2. The highest BCUT2D eigenvalue weighted by atomic mass is 35.5. The van der Waals surface area contributed by atoms with Crippen molar-refractivity contribution >= 4 is 18.4 Å². The Labute approximate surface area is 101 Å². The molecule has 0 unspecified atom stereocenters. The van der Waals surface area contributed by atoms with Crippen LogP contribution in [-0.4, -0.2) is 20.2 Å². The van der Waals surface area contributed by atoms with Crippen molar-refractivity contribution in [2.45, 2.75) is 6.54 Å². The van der Waals surface area contributed by atoms with Gasteiger partial charge in [-0.15, -0.1) is 12.4 Å². The van der Waals surface area contributed by atoms with Gasteiger partial charge in [0.05, 0.1) is 20.8 Å². The summed E-state index contributed by atoms with van der Waals surface area (Å²) in [5.74, 6) is 1.38. The summed E-state index contributed by atoms with van der Waals surface area (Å²) >= 11 is 0. The lowest BCUT2D eigenvalue weighted by Crippen LogP contribution is -2.22. The van der Waals surface area contributed by atoms with Gasteiger partial charge in [0.15, 0.2) is 17.5 Å². The number of benzene rings is 1. The lowest BCUT2D eigenvalue weighted by molar-refractivity contribution is 0.352. The quantitative estimate of drug-likeness (QED) is 0.610. The Bertz CT molecular complexity index is 365. The predicted octanol–water partition coefficient (Wildman–Crippen LogP) is 0.899. The number of guanidine groups is 1. The molecule has 0 saturated heterocycles. The molecular formula is C10H16ClN3O2. The number of hydrogen-bond donors (Lipinski definition) is 2. The molecule has 0 aliphatic heterocycles. The highest BCUT2D eigenvalue weighted by molar-refractivity contribution is 5.85. The Morgan fingerprint density at radius 3 is 2.44 bits per heavy atom. The third kappa shape index (κ3) is 3.51. The second-order valence-corrected chi connectivity index (χ2v) is 2.89. The molecule has 0 aliphatic carbocycles. The molecule has 0 heterocycles. The minimum atomic E-state index is 0. The number of aliphatic imine (C=N–C) groups is 1. The van der Waals surface area contributed by atoms with Crippen LogP contribution in [0.25, 0.3) is 0 Å². The van der Waals surface area contributed by atoms with Crippen molar-refractivity contribution < 1.29 is 9.47 Å². The number of hydrogen-bond acceptors (Lipinski definition) is 3. The maximum atomic E-state index is 5.26. The summed E-state index contributed by atoms with van der Waals surface area (Å²) in [6.07, 6.45) is 0. The molecule has 16 heavy (non-hydrogen) atoms. The summed E-state index contributed by atoms with van der Waals surface area (Å²) in [7, 11) is 3.17. The van der Waals surface area contributed by atoms with E-state index in [0.717, 1.165) is 5.56 Å². The normalized spacial score (nSPS) is 8.88. The van der Waals surface area contributed by atoms with E-state index >= 15 is 0 Å². The lowest BCUT2D eigenvalue weighted by Gasteiger charge is -2.10. The van der Waals surface area contributed by atoms with Crippen LogP contribution in [0.5, 0.6) is 11.5 Å². The highest BCUT2D eigenvalue weighted by Gasteiger charge is 2.08. The van der Waals surface area contributed by atoms with Crippen LogP contribution in [-0.2, 0) is 6.54 Å². The zero-order chi connectivity index (χ0) is 11.3. The van der Waals surface area contributed by atoms with Gasteiger partial charge < -0.3 is 20.9 Å². The van der Waals surface area contributed by atoms with E-state index in [0.29, 0.717) is 18.0 Å². The molecule has 1 aromatic rings. The topological polar surface area (TPSA) is 82.9 Å². The molecule has 0 atom stereocenters. The van der Waals surface area contributed by atoms with Gasteiger partial charge in [-0.05, 0) is 6.07 Å². The van der Waals surface area contributed by atoms with Crippen LogP contribution in [0.1, 0.15) is 5.56 Å². The maximum absolute atomic E-state index is 5.26. The van der Waals surface area contributed by atoms with Crippen molar-refractivity contribution in [3.05, 3.63) is 23.8 Å². The minimum Gasteiger partial charge on any atom is -0.493 e. The summed E-state index contributed by atoms with van der Waals surface area (Å²) in [5, 5.41) is 0. The van der Waals surface area contributed by atoms with Crippen molar-refractivity contribution in [1.82, 2.24) is 0 Å². The fourth-order valence-electron chi connectivity index (χ4n) is 1.25. The number of rotatable bonds is 4. The van der Waals surface area contributed by atoms with Crippen molar-refractivity contribution in [2.24, 2.45) is 16.5 Å². The van der Waals surface area contributed by atoms with Gasteiger partial charge in [-0.25, -0.2) is 4.99 Å². The smallest absolute Gasteiger partial charge is 0.186 e. The fraction of sp³-hybridized carbons (Fsp3) is 0.300. The van der Waals surface area contributed by atoms with Crippen LogP contribution in [0.3, 0.4) is 0 Å². The zero-order valence-electron chi connectivity index (χ0n) is 9.27. The Morgan fingerprint density at radius 1 is 1.25 bits per heavy atom. The molecule has 4 N–H and O–H groups in total. The first-order chi connectivity index (χ1) is 7.19. The molecule has 0 amide bonds. The molecule has 0 saturated carbocycles. The third-order valence-corrected chi connectivity index (χ3v) is 1.92. The van der Waals surface area contributed by atoms with Crippen molar-refractivity contribution in [3.8, 4) is 11.5 Å². The molecule has 6 heteroatoms. The molecule has 0 spiro atoms. The third-order valence-electron chi connectivity index (χ3n) is 1.92. The van der Waals surface area contributed by atoms with Gasteiger partial charge in [-0.2, -0.15) is 0 Å². The van der Waals surface area contributed by atoms with E-state index < -0.39 is 0 Å². The van der Waals surface area contributed by atoms with Crippen LogP contribution >= 0.6 is 12.4 Å². The highest BCUT2D eigenvalue weighted by Crippen LogP contribution is 2.30. The van der Waals surface area contributed by atoms with Crippen LogP contribution in [0.2, 0.25) is 0 Å². The molecule has 1 rings (SSSR count). The van der Waals surface area contributed by atoms with Gasteiger partial charge in [0, 0.05) is 5.56 Å². The van der Waals surface area contributed by atoms with E-state index in [1.807, 2.05) is 18.2 Å². The molecule has 0 fully saturated rings. The minimum absolute atomic E-state index is 0. The average molecular weight is 246 g/mol. The van der Waals surface area contributed by atoms with Gasteiger partial charge in [0.2, 0.25) is 0 Å². The van der Waals surface area contributed by atoms with Gasteiger partial charge in [-0.1, -0.05) is 12.1 Å². The molecule has 5 nitrogen and oxygen atoms in total. The van der Waals surface area contributed by atoms with Gasteiger partial charge in [0.25, 0.3) is 0 Å². The molecule has 0 aliphatic rings. The SMILES string of the molecule is COc1cccc(CN=C(N)N)c1OC.Cl. The van der Waals surface area contributed by atoms with Crippen LogP contribution in [0.4, 0.5) is 0 Å². The average Bonchev–Trinajstić information content (AvgIpc) is 2.25. The zero-order valence-corrected chi connectivity index (χ0v) is 10.1. The Morgan fingerprint density at radius 2 is 1.94 bits per heavy atom. The molecule has 0 bridgehead atoms. The summed E-state index contributed by atoms with van der Waals surface area (Å²) < 4.78 is 10.4. The standard InChI is InChI=1S/C10H15N3O2.ClH/c1-14-8-5-3-4-7(9(8)15-2)6-13-10(11)12;/h3-5H,6H2,1-2H3,(H4,11,12,13);1H. The molecular weight excluding hydrogens is 230 g/mol. The molecule has 90 valence electrons. The van der Waals surface area contributed by atoms with Crippen LogP contribution in [0, 0.1) is 0 Å². The van der Waals surface area contributed by atoms with E-state index in [1.54, 1.807) is 14.2 Å². The van der Waals surface area contributed by atoms with Gasteiger partial charge in [0.1, 0.15) is 0 Å². The molecule has 0 aromatic heterocycles. The molecule has 0 radical (unpaired) electrons. The maximum Gasteiger partial charge on any atom is 0.186 e. The Kier molecular flexibility index (Phi) is 6.10. The summed E-state index contributed by atoms with van der Waals surface area (Å²) in [6, 6.07) is 5.56. The predicted molar refractivity (Wildman–Crippen MR) is 66.3 cm³/mol. The first kappa shape index (κ1) is 14.4. The van der Waals surface area contributed by atoms with Crippen molar-refractivity contribution in [2.75, 3.05) is 14.2 Å². The summed E-state index contributed by atoms with van der Waals surface area (Å²) in [6.45, 7) is 0.378. The summed E-state index contributed by atoms with van der Waals surface area (Å²) in [5.41, 5.74) is 11.4. The van der Waals surface area contributed by atoms with Crippen LogP contribution < -0.4 is 20.9 Å². The van der Waals surface area contributed by atoms with E-state index in [2.05, 4.69) is 4.99 Å². The van der Waals surface area contributed by atoms with Gasteiger partial charge >= 0.3 is 0 Å². The monoisotopic (exact) mass is 245 g/mol. The first-order valence-corrected chi connectivity index (χ1v) is 4.44. The Balaban J connectivity index is 0.00000225. The second kappa shape index (κ2) is 6.79. The number of methoxy groups -OCH3 is 2. The Hall–Kier alpha value is -1.62. The number of halogens is 1. The largest absolute Gasteiger partial charge is 0.493 e. The van der Waals surface area contributed by atoms with Crippen molar-refractivity contribution in [1.29, 1.82) is 0 Å². The number of ether oxygens (including phenoxy) is 2. The first-order valence-electron chi connectivity index (χ1n) is 4.44.